The van der Waals surface area contributed by atoms with Crippen LogP contribution in [-0.2, 0) is 6.42 Å². The second-order valence-electron chi connectivity index (χ2n) is 9.99. The van der Waals surface area contributed by atoms with Crippen molar-refractivity contribution >= 4 is 43.7 Å². The summed E-state index contributed by atoms with van der Waals surface area (Å²) in [5.41, 5.74) is 9.44. The quantitative estimate of drug-likeness (QED) is 0.238. The molecule has 6 aromatic rings. The van der Waals surface area contributed by atoms with Crippen molar-refractivity contribution in [3.8, 4) is 11.1 Å². The summed E-state index contributed by atoms with van der Waals surface area (Å²) in [6.07, 6.45) is 10.1. The first-order chi connectivity index (χ1) is 17.9. The van der Waals surface area contributed by atoms with Crippen molar-refractivity contribution in [3.63, 3.8) is 0 Å². The fourth-order valence-corrected chi connectivity index (χ4v) is 6.54. The van der Waals surface area contributed by atoms with E-state index in [1.54, 1.807) is 0 Å². The first kappa shape index (κ1) is 19.9. The number of nitrogens with zero attached hydrogens (tertiary/aromatic N) is 1. The third-order valence-corrected chi connectivity index (χ3v) is 8.02. The van der Waals surface area contributed by atoms with Gasteiger partial charge in [-0.1, -0.05) is 91.0 Å². The van der Waals surface area contributed by atoms with Gasteiger partial charge in [0.15, 0.2) is 0 Å². The lowest BCUT2D eigenvalue weighted by molar-refractivity contribution is 0.998. The molecule has 0 amide bonds. The zero-order valence-electron chi connectivity index (χ0n) is 20.0. The molecule has 0 fully saturated rings. The van der Waals surface area contributed by atoms with Crippen LogP contribution in [0.4, 0.5) is 11.4 Å². The minimum Gasteiger partial charge on any atom is -0.310 e. The number of benzene rings is 6. The molecule has 0 bridgehead atoms. The summed E-state index contributed by atoms with van der Waals surface area (Å²) < 4.78 is 0. The average molecular weight is 460 g/mol. The largest absolute Gasteiger partial charge is 0.310 e. The van der Waals surface area contributed by atoms with Crippen LogP contribution in [0.3, 0.4) is 0 Å². The van der Waals surface area contributed by atoms with Gasteiger partial charge in [0.1, 0.15) is 0 Å². The Hall–Kier alpha value is -4.36. The lowest BCUT2D eigenvalue weighted by Gasteiger charge is -2.30. The van der Waals surface area contributed by atoms with Crippen molar-refractivity contribution < 1.29 is 0 Å². The SMILES string of the molecule is C1=CC(N(c2ccccc2)c2cc3cccc4c5c(c6cccc2c6c34)Cc2ccccc2-5)=CCC1. The van der Waals surface area contributed by atoms with Crippen molar-refractivity contribution in [1.29, 1.82) is 0 Å². The molecule has 0 atom stereocenters. The van der Waals surface area contributed by atoms with Crippen LogP contribution >= 0.6 is 0 Å². The maximum Gasteiger partial charge on any atom is 0.0546 e. The molecular formula is C35H25N. The lowest BCUT2D eigenvalue weighted by atomic mass is 9.86. The Labute approximate surface area is 210 Å². The van der Waals surface area contributed by atoms with Gasteiger partial charge in [0.25, 0.3) is 0 Å². The number of fused-ring (bicyclic) bond motifs is 5. The van der Waals surface area contributed by atoms with Gasteiger partial charge in [-0.2, -0.15) is 0 Å². The molecule has 0 radical (unpaired) electrons. The summed E-state index contributed by atoms with van der Waals surface area (Å²) in [6.45, 7) is 0. The molecule has 0 aromatic heterocycles. The number of anilines is 2. The summed E-state index contributed by atoms with van der Waals surface area (Å²) in [5, 5.41) is 8.19. The van der Waals surface area contributed by atoms with Crippen molar-refractivity contribution in [2.45, 2.75) is 19.3 Å². The third kappa shape index (κ3) is 2.71. The van der Waals surface area contributed by atoms with Gasteiger partial charge in [-0.15, -0.1) is 0 Å². The highest BCUT2D eigenvalue weighted by molar-refractivity contribution is 6.30. The normalized spacial score (nSPS) is 14.4. The molecule has 0 aliphatic heterocycles. The number of hydrogen-bond donors (Lipinski definition) is 0. The summed E-state index contributed by atoms with van der Waals surface area (Å²) in [5.74, 6) is 0. The van der Waals surface area contributed by atoms with E-state index in [9.17, 15) is 0 Å². The minimum atomic E-state index is 1.00. The molecule has 0 unspecified atom stereocenters. The van der Waals surface area contributed by atoms with Gasteiger partial charge in [0, 0.05) is 16.8 Å². The molecule has 170 valence electrons. The molecular weight excluding hydrogens is 434 g/mol. The standard InChI is InChI=1S/C35H25N/c1-3-13-25(14-4-1)36(26-15-5-2-6-16-26)32-22-24-12-9-20-30-33(24)35-28(18-10-19-29(32)35)31-21-23-11-7-8-17-27(23)34(30)31/h1,3-5,7-20,22H,2,6,21H2. The van der Waals surface area contributed by atoms with Gasteiger partial charge in [0.05, 0.1) is 5.69 Å². The molecule has 0 saturated carbocycles. The van der Waals surface area contributed by atoms with Gasteiger partial charge in [-0.05, 0) is 92.7 Å². The Morgan fingerprint density at radius 3 is 2.33 bits per heavy atom. The van der Waals surface area contributed by atoms with Crippen LogP contribution in [-0.4, -0.2) is 0 Å². The molecule has 0 N–H and O–H groups in total. The minimum absolute atomic E-state index is 1.00. The lowest BCUT2D eigenvalue weighted by Crippen LogP contribution is -2.16. The van der Waals surface area contributed by atoms with Crippen LogP contribution in [0.1, 0.15) is 24.0 Å². The first-order valence-electron chi connectivity index (χ1n) is 12.9. The van der Waals surface area contributed by atoms with Gasteiger partial charge < -0.3 is 4.90 Å². The van der Waals surface area contributed by atoms with E-state index in [0.717, 1.165) is 19.3 Å². The van der Waals surface area contributed by atoms with Gasteiger partial charge in [0.2, 0.25) is 0 Å². The predicted octanol–water partition coefficient (Wildman–Crippen LogP) is 9.53. The topological polar surface area (TPSA) is 3.24 Å². The Kier molecular flexibility index (Phi) is 4.18. The highest BCUT2D eigenvalue weighted by Crippen LogP contribution is 2.51. The number of rotatable bonds is 3. The van der Waals surface area contributed by atoms with E-state index < -0.39 is 0 Å². The summed E-state index contributed by atoms with van der Waals surface area (Å²) in [6, 6.07) is 35.9. The van der Waals surface area contributed by atoms with Gasteiger partial charge in [-0.25, -0.2) is 0 Å². The van der Waals surface area contributed by atoms with Crippen LogP contribution in [0.2, 0.25) is 0 Å². The Morgan fingerprint density at radius 2 is 1.44 bits per heavy atom. The first-order valence-corrected chi connectivity index (χ1v) is 12.9. The zero-order valence-corrected chi connectivity index (χ0v) is 20.0. The van der Waals surface area contributed by atoms with Gasteiger partial charge in [-0.3, -0.25) is 0 Å². The average Bonchev–Trinajstić information content (AvgIpc) is 3.34. The summed E-state index contributed by atoms with van der Waals surface area (Å²) in [7, 11) is 0. The van der Waals surface area contributed by atoms with Gasteiger partial charge >= 0.3 is 0 Å². The molecule has 2 aliphatic carbocycles. The van der Waals surface area contributed by atoms with E-state index in [4.69, 9.17) is 0 Å². The summed E-state index contributed by atoms with van der Waals surface area (Å²) in [4.78, 5) is 2.45. The van der Waals surface area contributed by atoms with Crippen LogP contribution in [0.5, 0.6) is 0 Å². The van der Waals surface area contributed by atoms with Crippen LogP contribution in [0, 0.1) is 0 Å². The van der Waals surface area contributed by atoms with E-state index in [-0.39, 0.29) is 0 Å². The molecule has 36 heavy (non-hydrogen) atoms. The molecule has 8 rings (SSSR count). The third-order valence-electron chi connectivity index (χ3n) is 8.02. The van der Waals surface area contributed by atoms with E-state index in [0.29, 0.717) is 0 Å². The molecule has 0 heterocycles. The maximum absolute atomic E-state index is 2.45. The number of para-hydroxylation sites is 1. The fourth-order valence-electron chi connectivity index (χ4n) is 6.54. The van der Waals surface area contributed by atoms with Crippen LogP contribution < -0.4 is 4.90 Å². The predicted molar refractivity (Wildman–Crippen MR) is 153 cm³/mol. The van der Waals surface area contributed by atoms with Crippen LogP contribution in [0.25, 0.3) is 43.4 Å². The highest BCUT2D eigenvalue weighted by Gasteiger charge is 2.27. The van der Waals surface area contributed by atoms with Crippen LogP contribution in [0.15, 0.2) is 121 Å². The van der Waals surface area contributed by atoms with Crippen molar-refractivity contribution in [2.75, 3.05) is 4.90 Å². The second kappa shape index (κ2) is 7.57. The van der Waals surface area contributed by atoms with Crippen molar-refractivity contribution in [2.24, 2.45) is 0 Å². The van der Waals surface area contributed by atoms with E-state index >= 15 is 0 Å². The number of allylic oxidation sites excluding steroid dienone is 3. The fraction of sp³-hybridized carbons (Fsp3) is 0.0857. The van der Waals surface area contributed by atoms with E-state index in [2.05, 4.69) is 120 Å². The molecule has 0 spiro atoms. The molecule has 1 nitrogen and oxygen atoms in total. The highest BCUT2D eigenvalue weighted by atomic mass is 15.1. The Morgan fingerprint density at radius 1 is 0.639 bits per heavy atom. The van der Waals surface area contributed by atoms with Crippen molar-refractivity contribution in [1.82, 2.24) is 0 Å². The zero-order chi connectivity index (χ0) is 23.6. The maximum atomic E-state index is 2.45. The molecule has 0 saturated heterocycles. The van der Waals surface area contributed by atoms with E-state index in [1.165, 1.54) is 71.6 Å². The molecule has 6 aromatic carbocycles. The second-order valence-corrected chi connectivity index (χ2v) is 9.99. The smallest absolute Gasteiger partial charge is 0.0546 e. The molecule has 2 aliphatic rings. The molecule has 1 heteroatoms. The number of hydrogen-bond acceptors (Lipinski definition) is 1. The summed E-state index contributed by atoms with van der Waals surface area (Å²) >= 11 is 0. The van der Waals surface area contributed by atoms with E-state index in [1.807, 2.05) is 0 Å². The Balaban J connectivity index is 1.51. The Bertz CT molecular complexity index is 1860. The van der Waals surface area contributed by atoms with Crippen molar-refractivity contribution in [3.05, 3.63) is 132 Å². The monoisotopic (exact) mass is 459 g/mol.